The highest BCUT2D eigenvalue weighted by atomic mass is 32.2. The molecule has 0 atom stereocenters. The second-order valence-electron chi connectivity index (χ2n) is 9.17. The van der Waals surface area contributed by atoms with Crippen molar-refractivity contribution < 1.29 is 17.4 Å². The Morgan fingerprint density at radius 1 is 0.865 bits per heavy atom. The van der Waals surface area contributed by atoms with Crippen molar-refractivity contribution in [3.63, 3.8) is 0 Å². The van der Waals surface area contributed by atoms with Gasteiger partial charge in [0.15, 0.2) is 0 Å². The van der Waals surface area contributed by atoms with Crippen LogP contribution in [0.1, 0.15) is 31.0 Å². The van der Waals surface area contributed by atoms with Crippen LogP contribution < -0.4 is 14.9 Å². The van der Waals surface area contributed by atoms with Gasteiger partial charge in [-0.3, -0.25) is 0 Å². The van der Waals surface area contributed by atoms with Crippen molar-refractivity contribution in [3.8, 4) is 11.3 Å². The van der Waals surface area contributed by atoms with E-state index in [0.29, 0.717) is 21.9 Å². The molecule has 0 unspecified atom stereocenters. The van der Waals surface area contributed by atoms with Crippen LogP contribution in [0.5, 0.6) is 0 Å². The zero-order chi connectivity index (χ0) is 26.8. The van der Waals surface area contributed by atoms with Gasteiger partial charge < -0.3 is 4.57 Å². The molecule has 0 aliphatic carbocycles. The third kappa shape index (κ3) is 5.50. The molecule has 0 amide bonds. The molecule has 4 rings (SSSR count). The summed E-state index contributed by atoms with van der Waals surface area (Å²) >= 11 is 0. The average Bonchev–Trinajstić information content (AvgIpc) is 2.89. The van der Waals surface area contributed by atoms with Gasteiger partial charge in [0.25, 0.3) is 0 Å². The summed E-state index contributed by atoms with van der Waals surface area (Å²) in [7, 11) is -5.60. The number of sulfonamides is 1. The molecule has 9 heteroatoms. The Labute approximate surface area is 217 Å². The van der Waals surface area contributed by atoms with Crippen LogP contribution in [-0.4, -0.2) is 31.7 Å². The van der Waals surface area contributed by atoms with Crippen molar-refractivity contribution in [3.05, 3.63) is 102 Å². The predicted molar refractivity (Wildman–Crippen MR) is 148 cm³/mol. The molecule has 0 spiro atoms. The van der Waals surface area contributed by atoms with E-state index in [1.165, 1.54) is 13.1 Å². The van der Waals surface area contributed by atoms with Crippen LogP contribution in [0.25, 0.3) is 11.3 Å². The molecule has 0 aliphatic heterocycles. The lowest BCUT2D eigenvalue weighted by Crippen LogP contribution is -2.28. The maximum atomic E-state index is 15.2. The Morgan fingerprint density at radius 3 is 1.86 bits per heavy atom. The van der Waals surface area contributed by atoms with E-state index in [1.54, 1.807) is 18.2 Å². The third-order valence-electron chi connectivity index (χ3n) is 6.21. The summed E-state index contributed by atoms with van der Waals surface area (Å²) in [6, 6.07) is 24.6. The third-order valence-corrected chi connectivity index (χ3v) is 10.4. The summed E-state index contributed by atoms with van der Waals surface area (Å²) in [6.45, 7) is 3.83. The zero-order valence-corrected chi connectivity index (χ0v) is 22.9. The molecule has 0 aliphatic rings. The average molecular weight is 538 g/mol. The highest BCUT2D eigenvalue weighted by Crippen LogP contribution is 2.49. The molecule has 1 heterocycles. The van der Waals surface area contributed by atoms with E-state index < -0.39 is 23.0 Å². The van der Waals surface area contributed by atoms with Crippen molar-refractivity contribution in [2.75, 3.05) is 17.6 Å². The molecular weight excluding hydrogens is 508 g/mol. The minimum absolute atomic E-state index is 0.0427. The van der Waals surface area contributed by atoms with E-state index in [4.69, 9.17) is 0 Å². The molecule has 0 saturated carbocycles. The normalized spacial score (nSPS) is 12.1. The van der Waals surface area contributed by atoms with Crippen molar-refractivity contribution in [2.24, 2.45) is 0 Å². The highest BCUT2D eigenvalue weighted by molar-refractivity contribution is 7.92. The van der Waals surface area contributed by atoms with Gasteiger partial charge in [0.1, 0.15) is 13.0 Å². The van der Waals surface area contributed by atoms with E-state index >= 15 is 4.39 Å². The maximum absolute atomic E-state index is 15.2. The van der Waals surface area contributed by atoms with Crippen molar-refractivity contribution in [2.45, 2.75) is 25.9 Å². The Morgan fingerprint density at radius 2 is 1.38 bits per heavy atom. The first-order chi connectivity index (χ1) is 17.5. The molecule has 6 nitrogen and oxygen atoms in total. The van der Waals surface area contributed by atoms with E-state index in [-0.39, 0.29) is 29.3 Å². The van der Waals surface area contributed by atoms with Gasteiger partial charge in [-0.2, -0.15) is 0 Å². The first kappa shape index (κ1) is 26.7. The van der Waals surface area contributed by atoms with Crippen molar-refractivity contribution in [1.29, 1.82) is 0 Å². The van der Waals surface area contributed by atoms with Gasteiger partial charge in [-0.15, -0.1) is 0 Å². The van der Waals surface area contributed by atoms with Gasteiger partial charge in [-0.05, 0) is 18.1 Å². The van der Waals surface area contributed by atoms with Crippen LogP contribution in [0.2, 0.25) is 0 Å². The molecule has 0 radical (unpaired) electrons. The largest absolute Gasteiger partial charge is 0.313 e. The Kier molecular flexibility index (Phi) is 7.62. The van der Waals surface area contributed by atoms with Crippen LogP contribution >= 0.6 is 7.14 Å². The van der Waals surface area contributed by atoms with E-state index in [2.05, 4.69) is 9.97 Å². The Hall–Kier alpha value is -3.35. The second-order valence-corrected chi connectivity index (χ2v) is 14.0. The molecule has 1 aromatic heterocycles. The quantitative estimate of drug-likeness (QED) is 0.285. The first-order valence-electron chi connectivity index (χ1n) is 11.8. The van der Waals surface area contributed by atoms with Gasteiger partial charge in [-0.25, -0.2) is 27.1 Å². The van der Waals surface area contributed by atoms with Crippen LogP contribution in [0.4, 0.5) is 10.3 Å². The number of rotatable bonds is 8. The van der Waals surface area contributed by atoms with Crippen LogP contribution in [-0.2, 0) is 20.8 Å². The monoisotopic (exact) mass is 537 g/mol. The number of hydrogen-bond acceptors (Lipinski definition) is 5. The number of nitrogens with zero attached hydrogens (tertiary/aromatic N) is 3. The second kappa shape index (κ2) is 10.6. The topological polar surface area (TPSA) is 80.2 Å². The molecule has 3 aromatic carbocycles. The summed E-state index contributed by atoms with van der Waals surface area (Å²) in [5, 5.41) is 1.32. The Bertz CT molecular complexity index is 1520. The standard InChI is InChI=1S/C28H29FN3O3PS/c1-20(2)26-24(19-36(33,21-13-7-5-8-14-21)22-15-9-6-10-16-22)27(23-17-11-12-18-25(23)29)31-28(30-26)32(3)37(4,34)35/h5-18,20H,19H2,1-4H3. The zero-order valence-electron chi connectivity index (χ0n) is 21.2. The van der Waals surface area contributed by atoms with Crippen molar-refractivity contribution >= 4 is 33.7 Å². The minimum atomic E-state index is -3.68. The smallest absolute Gasteiger partial charge is 0.239 e. The number of aromatic nitrogens is 2. The maximum Gasteiger partial charge on any atom is 0.239 e. The van der Waals surface area contributed by atoms with Gasteiger partial charge in [0, 0.05) is 34.9 Å². The molecular formula is C28H29FN3O3PS. The number of benzene rings is 3. The lowest BCUT2D eigenvalue weighted by molar-refractivity contribution is 0.585. The summed E-state index contributed by atoms with van der Waals surface area (Å²) in [6.07, 6.45) is 1.10. The lowest BCUT2D eigenvalue weighted by Gasteiger charge is -2.25. The lowest BCUT2D eigenvalue weighted by atomic mass is 9.99. The number of hydrogen-bond donors (Lipinski definition) is 0. The number of halogens is 1. The SMILES string of the molecule is CC(C)c1nc(N(C)S(C)(=O)=O)nc(-c2ccccc2F)c1CP(=O)(c1ccccc1)c1ccccc1. The molecule has 0 saturated heterocycles. The van der Waals surface area contributed by atoms with Gasteiger partial charge in [0.05, 0.1) is 17.6 Å². The summed E-state index contributed by atoms with van der Waals surface area (Å²) in [5.74, 6) is -0.767. The summed E-state index contributed by atoms with van der Waals surface area (Å²) < 4.78 is 55.8. The van der Waals surface area contributed by atoms with E-state index in [9.17, 15) is 13.0 Å². The van der Waals surface area contributed by atoms with E-state index in [1.807, 2.05) is 74.5 Å². The van der Waals surface area contributed by atoms with Crippen LogP contribution in [0.15, 0.2) is 84.9 Å². The first-order valence-corrected chi connectivity index (χ1v) is 15.6. The fourth-order valence-electron chi connectivity index (χ4n) is 4.18. The molecule has 0 bridgehead atoms. The van der Waals surface area contributed by atoms with Gasteiger partial charge in [-0.1, -0.05) is 86.6 Å². The minimum Gasteiger partial charge on any atom is -0.313 e. The summed E-state index contributed by atoms with van der Waals surface area (Å²) in [5.41, 5.74) is 1.47. The van der Waals surface area contributed by atoms with Crippen molar-refractivity contribution in [1.82, 2.24) is 9.97 Å². The predicted octanol–water partition coefficient (Wildman–Crippen LogP) is 5.32. The van der Waals surface area contributed by atoms with Gasteiger partial charge in [0.2, 0.25) is 16.0 Å². The van der Waals surface area contributed by atoms with Crippen LogP contribution in [0, 0.1) is 5.82 Å². The fourth-order valence-corrected chi connectivity index (χ4v) is 7.29. The van der Waals surface area contributed by atoms with Crippen LogP contribution in [0.3, 0.4) is 0 Å². The Balaban J connectivity index is 2.05. The molecule has 37 heavy (non-hydrogen) atoms. The fraction of sp³-hybridized carbons (Fsp3) is 0.214. The molecule has 192 valence electrons. The van der Waals surface area contributed by atoms with E-state index in [0.717, 1.165) is 10.6 Å². The molecule has 4 aromatic rings. The summed E-state index contributed by atoms with van der Waals surface area (Å²) in [4.78, 5) is 9.18. The highest BCUT2D eigenvalue weighted by Gasteiger charge is 2.33. The van der Waals surface area contributed by atoms with Gasteiger partial charge >= 0.3 is 0 Å². The number of anilines is 1. The molecule has 0 N–H and O–H groups in total. The molecule has 0 fully saturated rings.